The molecule has 7 nitrogen and oxygen atoms in total. The summed E-state index contributed by atoms with van der Waals surface area (Å²) < 4.78 is 10.0. The van der Waals surface area contributed by atoms with Crippen LogP contribution in [0.4, 0.5) is 4.79 Å². The molecular weight excluding hydrogens is 322 g/mol. The fraction of sp³-hybridized carbons (Fsp3) is 0.400. The van der Waals surface area contributed by atoms with Crippen molar-refractivity contribution in [2.75, 3.05) is 19.0 Å². The van der Waals surface area contributed by atoms with E-state index in [0.717, 1.165) is 11.8 Å². The van der Waals surface area contributed by atoms with Crippen molar-refractivity contribution in [1.29, 1.82) is 0 Å². The third-order valence-corrected chi connectivity index (χ3v) is 3.49. The van der Waals surface area contributed by atoms with Crippen LogP contribution in [-0.2, 0) is 9.53 Å². The van der Waals surface area contributed by atoms with E-state index in [1.165, 1.54) is 19.1 Å². The van der Waals surface area contributed by atoms with Crippen molar-refractivity contribution in [2.24, 2.45) is 0 Å². The Balaban J connectivity index is 2.64. The second kappa shape index (κ2) is 9.86. The van der Waals surface area contributed by atoms with E-state index in [0.29, 0.717) is 0 Å². The molecule has 1 aromatic rings. The van der Waals surface area contributed by atoms with Gasteiger partial charge in [0.15, 0.2) is 0 Å². The molecule has 0 aliphatic carbocycles. The summed E-state index contributed by atoms with van der Waals surface area (Å²) in [4.78, 5) is 34.6. The Labute approximate surface area is 138 Å². The molecule has 1 atom stereocenters. The van der Waals surface area contributed by atoms with Gasteiger partial charge in [-0.2, -0.15) is 0 Å². The van der Waals surface area contributed by atoms with E-state index in [1.54, 1.807) is 19.1 Å². The number of thioether (sulfide) groups is 1. The molecule has 0 aromatic heterocycles. The number of carbonyl (C=O) groups is 3. The second-order valence-corrected chi connectivity index (χ2v) is 5.42. The molecule has 0 spiro atoms. The molecule has 8 heteroatoms. The number of aliphatic hydroxyl groups is 1. The molecule has 1 aromatic carbocycles. The number of ether oxygens (including phenoxy) is 2. The number of carbonyl (C=O) groups excluding carboxylic acids is 3. The third kappa shape index (κ3) is 6.70. The number of rotatable bonds is 7. The van der Waals surface area contributed by atoms with Gasteiger partial charge in [-0.05, 0) is 30.8 Å². The van der Waals surface area contributed by atoms with E-state index in [4.69, 9.17) is 14.6 Å². The Hall–Kier alpha value is -2.06. The zero-order valence-corrected chi connectivity index (χ0v) is 13.7. The van der Waals surface area contributed by atoms with Crippen LogP contribution in [0, 0.1) is 0 Å². The van der Waals surface area contributed by atoms with Crippen LogP contribution in [0.5, 0.6) is 5.75 Å². The van der Waals surface area contributed by atoms with Crippen molar-refractivity contribution in [2.45, 2.75) is 19.9 Å². The zero-order chi connectivity index (χ0) is 17.2. The van der Waals surface area contributed by atoms with Gasteiger partial charge in [0.05, 0.1) is 19.3 Å². The molecule has 0 fully saturated rings. The molecule has 0 aliphatic heterocycles. The molecule has 0 aliphatic rings. The first-order valence-electron chi connectivity index (χ1n) is 6.96. The second-order valence-electron chi connectivity index (χ2n) is 4.46. The zero-order valence-electron chi connectivity index (χ0n) is 12.9. The van der Waals surface area contributed by atoms with Gasteiger partial charge in [-0.1, -0.05) is 12.1 Å². The predicted molar refractivity (Wildman–Crippen MR) is 85.6 cm³/mol. The molecule has 0 heterocycles. The number of benzene rings is 1. The highest BCUT2D eigenvalue weighted by Crippen LogP contribution is 2.21. The lowest BCUT2D eigenvalue weighted by Crippen LogP contribution is -2.38. The first-order chi connectivity index (χ1) is 11.0. The molecule has 0 bridgehead atoms. The molecular formula is C15H19NO6S. The fourth-order valence-electron chi connectivity index (χ4n) is 1.65. The van der Waals surface area contributed by atoms with E-state index in [9.17, 15) is 14.4 Å². The summed E-state index contributed by atoms with van der Waals surface area (Å²) in [7, 11) is 0. The van der Waals surface area contributed by atoms with E-state index >= 15 is 0 Å². The van der Waals surface area contributed by atoms with Crippen molar-refractivity contribution < 1.29 is 29.0 Å². The van der Waals surface area contributed by atoms with Crippen molar-refractivity contribution in [1.82, 2.24) is 5.32 Å². The van der Waals surface area contributed by atoms with Gasteiger partial charge in [0.2, 0.25) is 5.91 Å². The van der Waals surface area contributed by atoms with Crippen LogP contribution < -0.4 is 10.1 Å². The van der Waals surface area contributed by atoms with Crippen molar-refractivity contribution in [3.8, 4) is 5.75 Å². The number of amides is 1. The van der Waals surface area contributed by atoms with E-state index < -0.39 is 17.3 Å². The summed E-state index contributed by atoms with van der Waals surface area (Å²) in [5.74, 6) is -0.627. The molecule has 23 heavy (non-hydrogen) atoms. The summed E-state index contributed by atoms with van der Waals surface area (Å²) >= 11 is 0.792. The Morgan fingerprint density at radius 3 is 2.61 bits per heavy atom. The van der Waals surface area contributed by atoms with E-state index in [1.807, 2.05) is 0 Å². The molecule has 2 N–H and O–H groups in total. The van der Waals surface area contributed by atoms with Gasteiger partial charge in [0.25, 0.3) is 0 Å². The maximum Gasteiger partial charge on any atom is 0.372 e. The van der Waals surface area contributed by atoms with Gasteiger partial charge in [-0.3, -0.25) is 4.79 Å². The maximum atomic E-state index is 11.8. The topological polar surface area (TPSA) is 102 Å². The number of aliphatic hydroxyl groups excluding tert-OH is 1. The van der Waals surface area contributed by atoms with Crippen LogP contribution >= 0.6 is 11.8 Å². The van der Waals surface area contributed by atoms with Crippen molar-refractivity contribution in [3.63, 3.8) is 0 Å². The highest BCUT2D eigenvalue weighted by atomic mass is 32.2. The quantitative estimate of drug-likeness (QED) is 0.726. The highest BCUT2D eigenvalue weighted by Gasteiger charge is 2.18. The van der Waals surface area contributed by atoms with Crippen LogP contribution in [0.2, 0.25) is 0 Å². The minimum Gasteiger partial charge on any atom is -0.462 e. The summed E-state index contributed by atoms with van der Waals surface area (Å²) in [5.41, 5.74) is 0.156. The van der Waals surface area contributed by atoms with Crippen molar-refractivity contribution in [3.05, 3.63) is 29.8 Å². The van der Waals surface area contributed by atoms with Gasteiger partial charge < -0.3 is 19.9 Å². The highest BCUT2D eigenvalue weighted by molar-refractivity contribution is 8.13. The lowest BCUT2D eigenvalue weighted by Gasteiger charge is -2.14. The number of nitrogens with one attached hydrogen (secondary N) is 1. The van der Waals surface area contributed by atoms with Crippen LogP contribution in [0.3, 0.4) is 0 Å². The van der Waals surface area contributed by atoms with Crippen molar-refractivity contribution >= 4 is 28.9 Å². The molecule has 1 unspecified atom stereocenters. The third-order valence-electron chi connectivity index (χ3n) is 2.61. The summed E-state index contributed by atoms with van der Waals surface area (Å²) in [6.07, 6.45) is 0. The lowest BCUT2D eigenvalue weighted by atomic mass is 10.2. The number of hydrogen-bond acceptors (Lipinski definition) is 7. The fourth-order valence-corrected chi connectivity index (χ4v) is 2.32. The number of para-hydroxylation sites is 1. The minimum atomic E-state index is -0.648. The first-order valence-corrected chi connectivity index (χ1v) is 7.95. The Morgan fingerprint density at radius 1 is 1.30 bits per heavy atom. The van der Waals surface area contributed by atoms with Gasteiger partial charge in [-0.15, -0.1) is 0 Å². The van der Waals surface area contributed by atoms with Gasteiger partial charge >= 0.3 is 11.3 Å². The molecule has 1 rings (SSSR count). The average molecular weight is 341 g/mol. The molecule has 126 valence electrons. The van der Waals surface area contributed by atoms with Crippen LogP contribution in [0.1, 0.15) is 24.2 Å². The molecule has 1 amide bonds. The van der Waals surface area contributed by atoms with Gasteiger partial charge in [0, 0.05) is 12.7 Å². The Morgan fingerprint density at radius 2 is 2.00 bits per heavy atom. The molecule has 0 radical (unpaired) electrons. The Kier molecular flexibility index (Phi) is 8.14. The smallest absolute Gasteiger partial charge is 0.372 e. The van der Waals surface area contributed by atoms with Crippen LogP contribution in [-0.4, -0.2) is 47.3 Å². The van der Waals surface area contributed by atoms with Crippen LogP contribution in [0.25, 0.3) is 0 Å². The molecule has 0 saturated carbocycles. The van der Waals surface area contributed by atoms with E-state index in [2.05, 4.69) is 5.32 Å². The van der Waals surface area contributed by atoms with Crippen LogP contribution in [0.15, 0.2) is 24.3 Å². The standard InChI is InChI=1S/C15H19NO6S/c1-3-21-14(19)12-6-4-5-7-13(12)22-15(20)23-9-11(8-17)16-10(2)18/h4-7,11,17H,3,8-9H2,1-2H3,(H,16,18). The van der Waals surface area contributed by atoms with E-state index in [-0.39, 0.29) is 36.2 Å². The monoisotopic (exact) mass is 341 g/mol. The summed E-state index contributed by atoms with van der Waals surface area (Å²) in [6.45, 7) is 2.92. The van der Waals surface area contributed by atoms with Gasteiger partial charge in [-0.25, -0.2) is 9.59 Å². The minimum absolute atomic E-state index is 0.100. The van der Waals surface area contributed by atoms with Gasteiger partial charge in [0.1, 0.15) is 11.3 Å². The number of esters is 1. The normalized spacial score (nSPS) is 11.4. The SMILES string of the molecule is CCOC(=O)c1ccccc1OC(=O)SCC(CO)NC(C)=O. The Bertz CT molecular complexity index is 563. The maximum absolute atomic E-state index is 11.8. The number of hydrogen-bond donors (Lipinski definition) is 2. The first kappa shape index (κ1) is 19.0. The predicted octanol–water partition coefficient (Wildman–Crippen LogP) is 1.59. The molecule has 0 saturated heterocycles. The largest absolute Gasteiger partial charge is 0.462 e. The lowest BCUT2D eigenvalue weighted by molar-refractivity contribution is -0.119. The summed E-state index contributed by atoms with van der Waals surface area (Å²) in [6, 6.07) is 5.70. The average Bonchev–Trinajstić information content (AvgIpc) is 2.51. The summed E-state index contributed by atoms with van der Waals surface area (Å²) in [5, 5.41) is 11.0.